The highest BCUT2D eigenvalue weighted by Crippen LogP contribution is 2.26. The van der Waals surface area contributed by atoms with E-state index in [1.165, 1.54) is 19.2 Å². The Balaban J connectivity index is 2.05. The Kier molecular flexibility index (Phi) is 5.59. The van der Waals surface area contributed by atoms with Gasteiger partial charge < -0.3 is 19.9 Å². The highest BCUT2D eigenvalue weighted by molar-refractivity contribution is 5.94. The van der Waals surface area contributed by atoms with Crippen LogP contribution in [0, 0.1) is 5.82 Å². The summed E-state index contributed by atoms with van der Waals surface area (Å²) in [5, 5.41) is 2.90. The van der Waals surface area contributed by atoms with Crippen LogP contribution in [-0.4, -0.2) is 69.1 Å². The second-order valence-electron chi connectivity index (χ2n) is 6.45. The monoisotopic (exact) mass is 323 g/mol. The summed E-state index contributed by atoms with van der Waals surface area (Å²) in [5.41, 5.74) is -0.0295. The minimum Gasteiger partial charge on any atom is -0.497 e. The highest BCUT2D eigenvalue weighted by atomic mass is 19.1. The number of amides is 1. The van der Waals surface area contributed by atoms with Gasteiger partial charge in [0.25, 0.3) is 5.91 Å². The number of hydrogen-bond donors (Lipinski definition) is 1. The van der Waals surface area contributed by atoms with E-state index in [1.54, 1.807) is 6.07 Å². The second-order valence-corrected chi connectivity index (χ2v) is 6.45. The van der Waals surface area contributed by atoms with Gasteiger partial charge >= 0.3 is 0 Å². The van der Waals surface area contributed by atoms with Crippen LogP contribution in [0.15, 0.2) is 18.2 Å². The summed E-state index contributed by atoms with van der Waals surface area (Å²) in [7, 11) is 7.64. The summed E-state index contributed by atoms with van der Waals surface area (Å²) in [6.45, 7) is 2.49. The van der Waals surface area contributed by atoms with Crippen molar-refractivity contribution < 1.29 is 13.9 Å². The molecule has 2 rings (SSSR count). The number of nitrogens with zero attached hydrogens (tertiary/aromatic N) is 2. The van der Waals surface area contributed by atoms with Crippen molar-refractivity contribution in [2.45, 2.75) is 18.4 Å². The van der Waals surface area contributed by atoms with Crippen molar-refractivity contribution in [1.29, 1.82) is 0 Å². The van der Waals surface area contributed by atoms with Gasteiger partial charge in [0.2, 0.25) is 0 Å². The fourth-order valence-corrected chi connectivity index (χ4v) is 2.96. The predicted octanol–water partition coefficient (Wildman–Crippen LogP) is 1.59. The Bertz CT molecular complexity index is 555. The number of methoxy groups -OCH3 is 1. The fourth-order valence-electron chi connectivity index (χ4n) is 2.96. The topological polar surface area (TPSA) is 44.8 Å². The summed E-state index contributed by atoms with van der Waals surface area (Å²) in [6.07, 6.45) is 1.95. The lowest BCUT2D eigenvalue weighted by atomic mass is 9.86. The van der Waals surface area contributed by atoms with E-state index in [0.717, 1.165) is 25.9 Å². The van der Waals surface area contributed by atoms with Crippen molar-refractivity contribution >= 4 is 5.91 Å². The van der Waals surface area contributed by atoms with Gasteiger partial charge in [-0.3, -0.25) is 4.79 Å². The molecule has 1 N–H and O–H groups in total. The lowest BCUT2D eigenvalue weighted by Crippen LogP contribution is -2.58. The van der Waals surface area contributed by atoms with Gasteiger partial charge in [-0.25, -0.2) is 4.39 Å². The maximum Gasteiger partial charge on any atom is 0.254 e. The molecule has 1 aliphatic heterocycles. The van der Waals surface area contributed by atoms with Crippen molar-refractivity contribution in [3.63, 3.8) is 0 Å². The second kappa shape index (κ2) is 7.27. The molecule has 1 heterocycles. The normalized spacial score (nSPS) is 18.0. The van der Waals surface area contributed by atoms with Crippen LogP contribution in [0.25, 0.3) is 0 Å². The Morgan fingerprint density at radius 2 is 2.04 bits per heavy atom. The first-order valence-electron chi connectivity index (χ1n) is 7.86. The van der Waals surface area contributed by atoms with Gasteiger partial charge in [0, 0.05) is 18.2 Å². The first-order chi connectivity index (χ1) is 10.9. The molecule has 23 heavy (non-hydrogen) atoms. The quantitative estimate of drug-likeness (QED) is 0.894. The van der Waals surface area contributed by atoms with E-state index in [4.69, 9.17) is 4.74 Å². The van der Waals surface area contributed by atoms with E-state index >= 15 is 0 Å². The van der Waals surface area contributed by atoms with Crippen LogP contribution in [-0.2, 0) is 0 Å². The van der Waals surface area contributed by atoms with E-state index in [9.17, 15) is 9.18 Å². The van der Waals surface area contributed by atoms with E-state index in [2.05, 4.69) is 22.2 Å². The number of carbonyl (C=O) groups is 1. The number of likely N-dealkylation sites (tertiary alicyclic amines) is 1. The van der Waals surface area contributed by atoms with Gasteiger partial charge in [-0.05, 0) is 59.2 Å². The summed E-state index contributed by atoms with van der Waals surface area (Å²) < 4.78 is 19.0. The molecule has 0 atom stereocenters. The van der Waals surface area contributed by atoms with Crippen LogP contribution in [0.1, 0.15) is 23.2 Å². The molecule has 128 valence electrons. The molecule has 0 spiro atoms. The number of carbonyl (C=O) groups excluding carboxylic acids is 1. The third-order valence-electron chi connectivity index (χ3n) is 4.87. The van der Waals surface area contributed by atoms with Gasteiger partial charge in [-0.1, -0.05) is 0 Å². The molecule has 0 unspecified atom stereocenters. The smallest absolute Gasteiger partial charge is 0.254 e. The van der Waals surface area contributed by atoms with Gasteiger partial charge in [-0.15, -0.1) is 0 Å². The first kappa shape index (κ1) is 17.7. The maximum atomic E-state index is 14.0. The minimum absolute atomic E-state index is 0.0487. The molecule has 6 heteroatoms. The average molecular weight is 323 g/mol. The molecule has 0 bridgehead atoms. The third-order valence-corrected chi connectivity index (χ3v) is 4.87. The molecule has 0 radical (unpaired) electrons. The molecule has 0 saturated carbocycles. The zero-order valence-corrected chi connectivity index (χ0v) is 14.4. The van der Waals surface area contributed by atoms with Crippen LogP contribution in [0.4, 0.5) is 4.39 Å². The van der Waals surface area contributed by atoms with E-state index in [1.807, 2.05) is 14.1 Å². The van der Waals surface area contributed by atoms with Gasteiger partial charge in [0.15, 0.2) is 0 Å². The Morgan fingerprint density at radius 1 is 1.39 bits per heavy atom. The van der Waals surface area contributed by atoms with Crippen LogP contribution in [0.3, 0.4) is 0 Å². The molecule has 1 amide bonds. The molecule has 5 nitrogen and oxygen atoms in total. The lowest BCUT2D eigenvalue weighted by Gasteiger charge is -2.45. The first-order valence-corrected chi connectivity index (χ1v) is 7.86. The zero-order chi connectivity index (χ0) is 17.0. The van der Waals surface area contributed by atoms with Crippen molar-refractivity contribution in [3.05, 3.63) is 29.6 Å². The molecule has 1 saturated heterocycles. The highest BCUT2D eigenvalue weighted by Gasteiger charge is 2.36. The lowest BCUT2D eigenvalue weighted by molar-refractivity contribution is 0.0610. The van der Waals surface area contributed by atoms with Crippen LogP contribution in [0.5, 0.6) is 5.75 Å². The molecule has 1 aromatic carbocycles. The number of hydrogen-bond acceptors (Lipinski definition) is 4. The van der Waals surface area contributed by atoms with E-state index in [-0.39, 0.29) is 17.0 Å². The van der Waals surface area contributed by atoms with Crippen molar-refractivity contribution in [1.82, 2.24) is 15.1 Å². The molecule has 0 aliphatic carbocycles. The SMILES string of the molecule is COc1ccc(C(=O)NCC2(N(C)C)CCN(C)CC2)c(F)c1. The molecular weight excluding hydrogens is 297 g/mol. The van der Waals surface area contributed by atoms with Crippen molar-refractivity contribution in [3.8, 4) is 5.75 Å². The molecule has 1 fully saturated rings. The van der Waals surface area contributed by atoms with Crippen LogP contribution < -0.4 is 10.1 Å². The van der Waals surface area contributed by atoms with Crippen molar-refractivity contribution in [2.75, 3.05) is 47.9 Å². The van der Waals surface area contributed by atoms with Gasteiger partial charge in [0.1, 0.15) is 11.6 Å². The van der Waals surface area contributed by atoms with Crippen LogP contribution in [0.2, 0.25) is 0 Å². The summed E-state index contributed by atoms with van der Waals surface area (Å²) in [5.74, 6) is -0.548. The number of benzene rings is 1. The average Bonchev–Trinajstić information content (AvgIpc) is 2.54. The Hall–Kier alpha value is -1.66. The molecule has 1 aromatic rings. The largest absolute Gasteiger partial charge is 0.497 e. The van der Waals surface area contributed by atoms with Gasteiger partial charge in [-0.2, -0.15) is 0 Å². The number of halogens is 1. The molecular formula is C17H26FN3O2. The summed E-state index contributed by atoms with van der Waals surface area (Å²) >= 11 is 0. The van der Waals surface area contributed by atoms with E-state index < -0.39 is 5.82 Å². The number of piperidine rings is 1. The van der Waals surface area contributed by atoms with Crippen molar-refractivity contribution in [2.24, 2.45) is 0 Å². The molecule has 0 aromatic heterocycles. The fraction of sp³-hybridized carbons (Fsp3) is 0.588. The number of likely N-dealkylation sites (N-methyl/N-ethyl adjacent to an activating group) is 1. The van der Waals surface area contributed by atoms with Gasteiger partial charge in [0.05, 0.1) is 12.7 Å². The number of nitrogens with one attached hydrogen (secondary N) is 1. The molecule has 1 aliphatic rings. The zero-order valence-electron chi connectivity index (χ0n) is 14.4. The van der Waals surface area contributed by atoms with E-state index in [0.29, 0.717) is 12.3 Å². The summed E-state index contributed by atoms with van der Waals surface area (Å²) in [6, 6.07) is 4.28. The standard InChI is InChI=1S/C17H26FN3O2/c1-20(2)17(7-9-21(3)10-8-17)12-19-16(22)14-6-5-13(23-4)11-15(14)18/h5-6,11H,7-10,12H2,1-4H3,(H,19,22). The predicted molar refractivity (Wildman–Crippen MR) is 88.4 cm³/mol. The van der Waals surface area contributed by atoms with Crippen LogP contribution >= 0.6 is 0 Å². The number of ether oxygens (including phenoxy) is 1. The third kappa shape index (κ3) is 4.00. The maximum absolute atomic E-state index is 14.0. The Labute approximate surface area is 137 Å². The minimum atomic E-state index is -0.566. The Morgan fingerprint density at radius 3 is 2.57 bits per heavy atom. The summed E-state index contributed by atoms with van der Waals surface area (Å²) in [4.78, 5) is 16.8. The number of rotatable bonds is 5.